The van der Waals surface area contributed by atoms with Gasteiger partial charge in [0.05, 0.1) is 0 Å². The number of halogens is 2. The molecule has 0 aliphatic heterocycles. The normalized spacial score (nSPS) is 10.3. The van der Waals surface area contributed by atoms with Gasteiger partial charge >= 0.3 is 5.97 Å². The molecule has 4 nitrogen and oxygen atoms in total. The molecule has 0 saturated heterocycles. The zero-order valence-corrected chi connectivity index (χ0v) is 10.6. The van der Waals surface area contributed by atoms with Crippen molar-refractivity contribution in [2.24, 2.45) is 0 Å². The number of rotatable bonds is 3. The molecule has 98 valence electrons. The molecule has 0 aliphatic rings. The Labute approximate surface area is 113 Å². The van der Waals surface area contributed by atoms with Crippen LogP contribution in [0.15, 0.2) is 30.3 Å². The van der Waals surface area contributed by atoms with E-state index >= 15 is 0 Å². The summed E-state index contributed by atoms with van der Waals surface area (Å²) in [5, 5.41) is 9.06. The molecule has 0 radical (unpaired) electrons. The second-order valence-corrected chi connectivity index (χ2v) is 4.22. The van der Waals surface area contributed by atoms with Crippen molar-refractivity contribution in [3.05, 3.63) is 52.4 Å². The minimum atomic E-state index is -1.23. The molecule has 1 aromatic carbocycles. The molecule has 1 aromatic heterocycles. The minimum Gasteiger partial charge on any atom is -0.477 e. The van der Waals surface area contributed by atoms with E-state index in [1.165, 1.54) is 24.3 Å². The summed E-state index contributed by atoms with van der Waals surface area (Å²) < 4.78 is 18.8. The molecule has 0 spiro atoms. The highest BCUT2D eigenvalue weighted by molar-refractivity contribution is 6.29. The molecule has 6 heteroatoms. The van der Waals surface area contributed by atoms with Crippen LogP contribution >= 0.6 is 11.6 Å². The first-order chi connectivity index (χ1) is 8.97. The van der Waals surface area contributed by atoms with Crippen molar-refractivity contribution in [2.45, 2.75) is 6.92 Å². The summed E-state index contributed by atoms with van der Waals surface area (Å²) in [7, 11) is 0. The molecule has 2 aromatic rings. The summed E-state index contributed by atoms with van der Waals surface area (Å²) in [5.74, 6) is -2.18. The van der Waals surface area contributed by atoms with Gasteiger partial charge in [-0.2, -0.15) is 0 Å². The monoisotopic (exact) mass is 281 g/mol. The lowest BCUT2D eigenvalue weighted by molar-refractivity contribution is 0.0693. The van der Waals surface area contributed by atoms with E-state index in [2.05, 4.69) is 4.98 Å². The van der Waals surface area contributed by atoms with Gasteiger partial charge in [-0.25, -0.2) is 14.2 Å². The molecule has 0 aliphatic carbocycles. The van der Waals surface area contributed by atoms with E-state index in [1.54, 1.807) is 13.0 Å². The number of hydrogen-bond donors (Lipinski definition) is 1. The Morgan fingerprint density at radius 3 is 2.79 bits per heavy atom. The van der Waals surface area contributed by atoms with Gasteiger partial charge in [0.15, 0.2) is 11.6 Å². The van der Waals surface area contributed by atoms with E-state index in [1.807, 2.05) is 0 Å². The molecule has 0 bridgehead atoms. The van der Waals surface area contributed by atoms with Gasteiger partial charge < -0.3 is 9.84 Å². The van der Waals surface area contributed by atoms with Crippen molar-refractivity contribution in [3.8, 4) is 11.6 Å². The second kappa shape index (κ2) is 5.24. The van der Waals surface area contributed by atoms with E-state index in [4.69, 9.17) is 21.4 Å². The number of hydrogen-bond acceptors (Lipinski definition) is 3. The maximum Gasteiger partial charge on any atom is 0.341 e. The van der Waals surface area contributed by atoms with Crippen molar-refractivity contribution in [1.29, 1.82) is 0 Å². The minimum absolute atomic E-state index is 0.0630. The third-order valence-corrected chi connectivity index (χ3v) is 2.56. The van der Waals surface area contributed by atoms with Crippen LogP contribution in [0.1, 0.15) is 15.9 Å². The van der Waals surface area contributed by atoms with Gasteiger partial charge in [-0.15, -0.1) is 0 Å². The van der Waals surface area contributed by atoms with Gasteiger partial charge in [0.25, 0.3) is 0 Å². The summed E-state index contributed by atoms with van der Waals surface area (Å²) in [4.78, 5) is 14.8. The number of nitrogens with zero attached hydrogens (tertiary/aromatic N) is 1. The van der Waals surface area contributed by atoms with E-state index in [9.17, 15) is 9.18 Å². The predicted molar refractivity (Wildman–Crippen MR) is 67.4 cm³/mol. The standard InChI is InChI=1S/C13H9ClFNO3/c1-7-2-4-9(15)10(6-7)19-12-8(13(17)18)3-5-11(14)16-12/h2-6H,1H3,(H,17,18). The van der Waals surface area contributed by atoms with Gasteiger partial charge in [-0.1, -0.05) is 17.7 Å². The Balaban J connectivity index is 2.45. The van der Waals surface area contributed by atoms with Gasteiger partial charge in [-0.3, -0.25) is 0 Å². The fourth-order valence-electron chi connectivity index (χ4n) is 1.45. The summed E-state index contributed by atoms with van der Waals surface area (Å²) in [6, 6.07) is 6.83. The average molecular weight is 282 g/mol. The van der Waals surface area contributed by atoms with Crippen LogP contribution in [0.4, 0.5) is 4.39 Å². The number of pyridine rings is 1. The van der Waals surface area contributed by atoms with Gasteiger partial charge in [0, 0.05) is 0 Å². The lowest BCUT2D eigenvalue weighted by atomic mass is 10.2. The van der Waals surface area contributed by atoms with Crippen LogP contribution in [0.5, 0.6) is 11.6 Å². The zero-order chi connectivity index (χ0) is 14.0. The van der Waals surface area contributed by atoms with Gasteiger partial charge in [0.1, 0.15) is 10.7 Å². The second-order valence-electron chi connectivity index (χ2n) is 3.83. The first kappa shape index (κ1) is 13.3. The Bertz CT molecular complexity index is 646. The lowest BCUT2D eigenvalue weighted by Crippen LogP contribution is -2.02. The zero-order valence-electron chi connectivity index (χ0n) is 9.85. The number of aromatic nitrogens is 1. The quantitative estimate of drug-likeness (QED) is 0.872. The molecule has 0 saturated carbocycles. The third kappa shape index (κ3) is 3.00. The number of carboxylic acids is 1. The molecule has 0 fully saturated rings. The van der Waals surface area contributed by atoms with Crippen molar-refractivity contribution >= 4 is 17.6 Å². The molecule has 19 heavy (non-hydrogen) atoms. The van der Waals surface area contributed by atoms with Crippen LogP contribution in [0.3, 0.4) is 0 Å². The summed E-state index contributed by atoms with van der Waals surface area (Å²) in [6.07, 6.45) is 0. The van der Waals surface area contributed by atoms with Crippen LogP contribution in [-0.2, 0) is 0 Å². The predicted octanol–water partition coefficient (Wildman–Crippen LogP) is 3.67. The largest absolute Gasteiger partial charge is 0.477 e. The molecule has 1 N–H and O–H groups in total. The van der Waals surface area contributed by atoms with Crippen molar-refractivity contribution in [2.75, 3.05) is 0 Å². The summed E-state index contributed by atoms with van der Waals surface area (Å²) >= 11 is 5.68. The Kier molecular flexibility index (Phi) is 3.66. The van der Waals surface area contributed by atoms with Crippen LogP contribution < -0.4 is 4.74 Å². The average Bonchev–Trinajstić information content (AvgIpc) is 2.33. The highest BCUT2D eigenvalue weighted by Gasteiger charge is 2.16. The van der Waals surface area contributed by atoms with Crippen LogP contribution in [0.2, 0.25) is 5.15 Å². The van der Waals surface area contributed by atoms with E-state index in [0.717, 1.165) is 5.56 Å². The summed E-state index contributed by atoms with van der Waals surface area (Å²) in [5.41, 5.74) is 0.584. The Morgan fingerprint density at radius 2 is 2.11 bits per heavy atom. The van der Waals surface area contributed by atoms with Crippen LogP contribution in [0.25, 0.3) is 0 Å². The topological polar surface area (TPSA) is 59.4 Å². The van der Waals surface area contributed by atoms with Crippen LogP contribution in [-0.4, -0.2) is 16.1 Å². The first-order valence-electron chi connectivity index (χ1n) is 5.31. The van der Waals surface area contributed by atoms with Gasteiger partial charge in [0.2, 0.25) is 5.88 Å². The number of carbonyl (C=O) groups is 1. The number of aromatic carboxylic acids is 1. The number of benzene rings is 1. The summed E-state index contributed by atoms with van der Waals surface area (Å²) in [6.45, 7) is 1.76. The molecular weight excluding hydrogens is 273 g/mol. The molecular formula is C13H9ClFNO3. The molecule has 0 unspecified atom stereocenters. The number of carboxylic acid groups (broad SMARTS) is 1. The molecule has 0 amide bonds. The molecule has 2 rings (SSSR count). The fraction of sp³-hybridized carbons (Fsp3) is 0.0769. The maximum atomic E-state index is 13.6. The number of ether oxygens (including phenoxy) is 1. The highest BCUT2D eigenvalue weighted by Crippen LogP contribution is 2.28. The fourth-order valence-corrected chi connectivity index (χ4v) is 1.59. The smallest absolute Gasteiger partial charge is 0.341 e. The van der Waals surface area contributed by atoms with Crippen molar-refractivity contribution in [3.63, 3.8) is 0 Å². The van der Waals surface area contributed by atoms with Crippen molar-refractivity contribution < 1.29 is 19.0 Å². The van der Waals surface area contributed by atoms with E-state index < -0.39 is 11.8 Å². The molecule has 1 heterocycles. The van der Waals surface area contributed by atoms with Crippen molar-refractivity contribution in [1.82, 2.24) is 4.98 Å². The molecule has 0 atom stereocenters. The highest BCUT2D eigenvalue weighted by atomic mass is 35.5. The SMILES string of the molecule is Cc1ccc(F)c(Oc2nc(Cl)ccc2C(=O)O)c1. The third-order valence-electron chi connectivity index (χ3n) is 2.35. The first-order valence-corrected chi connectivity index (χ1v) is 5.69. The Hall–Kier alpha value is -2.14. The van der Waals surface area contributed by atoms with E-state index in [-0.39, 0.29) is 22.3 Å². The van der Waals surface area contributed by atoms with Gasteiger partial charge in [-0.05, 0) is 36.8 Å². The maximum absolute atomic E-state index is 13.6. The van der Waals surface area contributed by atoms with Crippen LogP contribution in [0, 0.1) is 12.7 Å². The lowest BCUT2D eigenvalue weighted by Gasteiger charge is -2.09. The number of aryl methyl sites for hydroxylation is 1. The van der Waals surface area contributed by atoms with E-state index in [0.29, 0.717) is 0 Å². The Morgan fingerprint density at radius 1 is 1.37 bits per heavy atom.